The van der Waals surface area contributed by atoms with Crippen LogP contribution in [0.2, 0.25) is 0 Å². The number of likely N-dealkylation sites (N-methyl/N-ethyl adjacent to an activating group) is 1. The summed E-state index contributed by atoms with van der Waals surface area (Å²) in [6.45, 7) is 2.98. The first-order valence-electron chi connectivity index (χ1n) is 13.7. The molecule has 2 unspecified atom stereocenters. The standard InChI is InChI=1S/C26H55NO6P/c1-5-6-7-8-9-10-11-12-13-14-15-16-17-18-19-20-26(29)31-23-25(28)24-33-34(30)32-22-21-27(2,3)4/h25,28,34H,5-24H2,1-4H3/q+1. The van der Waals surface area contributed by atoms with Crippen LogP contribution in [0, 0.1) is 0 Å². The Bertz CT molecular complexity index is 498. The molecule has 8 heteroatoms. The van der Waals surface area contributed by atoms with Gasteiger partial charge in [0.25, 0.3) is 0 Å². The van der Waals surface area contributed by atoms with Crippen molar-refractivity contribution < 1.29 is 32.7 Å². The van der Waals surface area contributed by atoms with E-state index in [0.717, 1.165) is 19.3 Å². The lowest BCUT2D eigenvalue weighted by Gasteiger charge is -2.23. The van der Waals surface area contributed by atoms with Gasteiger partial charge in [-0.2, -0.15) is 0 Å². The highest BCUT2D eigenvalue weighted by atomic mass is 31.1. The molecule has 34 heavy (non-hydrogen) atoms. The van der Waals surface area contributed by atoms with Crippen molar-refractivity contribution in [2.24, 2.45) is 0 Å². The molecule has 0 bridgehead atoms. The van der Waals surface area contributed by atoms with E-state index in [1.807, 2.05) is 21.1 Å². The average Bonchev–Trinajstić information content (AvgIpc) is 2.78. The van der Waals surface area contributed by atoms with Gasteiger partial charge in [-0.15, -0.1) is 0 Å². The van der Waals surface area contributed by atoms with E-state index < -0.39 is 14.4 Å². The molecule has 0 aliphatic heterocycles. The van der Waals surface area contributed by atoms with Gasteiger partial charge in [0.05, 0.1) is 27.7 Å². The molecule has 0 aliphatic rings. The van der Waals surface area contributed by atoms with Crippen molar-refractivity contribution in [3.05, 3.63) is 0 Å². The molecule has 1 N–H and O–H groups in total. The number of carbonyl (C=O) groups is 1. The largest absolute Gasteiger partial charge is 0.463 e. The number of carbonyl (C=O) groups excluding carboxylic acids is 1. The van der Waals surface area contributed by atoms with E-state index in [9.17, 15) is 14.5 Å². The molecule has 0 saturated carbocycles. The third kappa shape index (κ3) is 26.2. The van der Waals surface area contributed by atoms with Gasteiger partial charge in [-0.25, -0.2) is 0 Å². The number of unbranched alkanes of at least 4 members (excludes halogenated alkanes) is 14. The Balaban J connectivity index is 3.42. The summed E-state index contributed by atoms with van der Waals surface area (Å²) < 4.78 is 27.6. The first-order chi connectivity index (χ1) is 16.2. The summed E-state index contributed by atoms with van der Waals surface area (Å²) in [5, 5.41) is 9.82. The molecule has 0 aromatic rings. The summed E-state index contributed by atoms with van der Waals surface area (Å²) in [5.74, 6) is -0.305. The molecule has 0 aromatic heterocycles. The van der Waals surface area contributed by atoms with E-state index in [0.29, 0.717) is 24.1 Å². The van der Waals surface area contributed by atoms with Crippen LogP contribution in [0.4, 0.5) is 0 Å². The third-order valence-electron chi connectivity index (χ3n) is 5.80. The number of ether oxygens (including phenoxy) is 1. The molecule has 0 amide bonds. The monoisotopic (exact) mass is 508 g/mol. The van der Waals surface area contributed by atoms with E-state index in [1.54, 1.807) is 0 Å². The first-order valence-corrected chi connectivity index (χ1v) is 14.9. The van der Waals surface area contributed by atoms with Crippen LogP contribution < -0.4 is 0 Å². The van der Waals surface area contributed by atoms with E-state index in [1.165, 1.54) is 77.0 Å². The minimum atomic E-state index is -2.64. The highest BCUT2D eigenvalue weighted by molar-refractivity contribution is 7.33. The lowest BCUT2D eigenvalue weighted by atomic mass is 10.0. The Morgan fingerprint density at radius 1 is 0.765 bits per heavy atom. The predicted molar refractivity (Wildman–Crippen MR) is 140 cm³/mol. The van der Waals surface area contributed by atoms with Gasteiger partial charge in [0.1, 0.15) is 25.9 Å². The zero-order valence-electron chi connectivity index (χ0n) is 22.7. The van der Waals surface area contributed by atoms with Crippen LogP contribution in [0.3, 0.4) is 0 Å². The van der Waals surface area contributed by atoms with Crippen molar-refractivity contribution in [1.29, 1.82) is 0 Å². The maximum atomic E-state index is 11.8. The highest BCUT2D eigenvalue weighted by Gasteiger charge is 2.12. The van der Waals surface area contributed by atoms with Gasteiger partial charge in [0.15, 0.2) is 0 Å². The quantitative estimate of drug-likeness (QED) is 0.0676. The summed E-state index contributed by atoms with van der Waals surface area (Å²) in [6, 6.07) is 0. The topological polar surface area (TPSA) is 82.1 Å². The summed E-state index contributed by atoms with van der Waals surface area (Å²) in [4.78, 5) is 11.8. The van der Waals surface area contributed by atoms with Crippen molar-refractivity contribution in [2.45, 2.75) is 116 Å². The molecule has 204 valence electrons. The van der Waals surface area contributed by atoms with Gasteiger partial charge in [-0.05, 0) is 6.42 Å². The van der Waals surface area contributed by atoms with Gasteiger partial charge in [0.2, 0.25) is 0 Å². The predicted octanol–water partition coefficient (Wildman–Crippen LogP) is 6.28. The van der Waals surface area contributed by atoms with Crippen LogP contribution in [0.1, 0.15) is 110 Å². The Hall–Kier alpha value is -0.460. The van der Waals surface area contributed by atoms with E-state index in [2.05, 4.69) is 6.92 Å². The third-order valence-corrected chi connectivity index (χ3v) is 6.64. The zero-order chi connectivity index (χ0) is 25.5. The molecular formula is C26H55NO6P+. The Kier molecular flexibility index (Phi) is 22.7. The maximum absolute atomic E-state index is 11.8. The molecule has 0 fully saturated rings. The number of quaternary nitrogens is 1. The Labute approximate surface area is 210 Å². The zero-order valence-corrected chi connectivity index (χ0v) is 23.7. The second-order valence-corrected chi connectivity index (χ2v) is 11.5. The van der Waals surface area contributed by atoms with Gasteiger partial charge >= 0.3 is 14.2 Å². The molecule has 0 rings (SSSR count). The Morgan fingerprint density at radius 3 is 1.71 bits per heavy atom. The molecule has 0 aliphatic carbocycles. The van der Waals surface area contributed by atoms with Gasteiger partial charge in [-0.3, -0.25) is 9.36 Å². The average molecular weight is 509 g/mol. The fourth-order valence-corrected chi connectivity index (χ4v) is 4.23. The minimum Gasteiger partial charge on any atom is -0.463 e. The second-order valence-electron chi connectivity index (χ2n) is 10.5. The molecule has 7 nitrogen and oxygen atoms in total. The fourth-order valence-electron chi connectivity index (χ4n) is 3.56. The number of aliphatic hydroxyl groups is 1. The summed E-state index contributed by atoms with van der Waals surface area (Å²) >= 11 is 0. The maximum Gasteiger partial charge on any atom is 0.319 e. The molecule has 0 spiro atoms. The lowest BCUT2D eigenvalue weighted by Crippen LogP contribution is -2.37. The number of rotatable bonds is 25. The molecule has 2 atom stereocenters. The lowest BCUT2D eigenvalue weighted by molar-refractivity contribution is -0.870. The van der Waals surface area contributed by atoms with Crippen LogP contribution in [-0.4, -0.2) is 69.2 Å². The van der Waals surface area contributed by atoms with Crippen LogP contribution in [0.15, 0.2) is 0 Å². The number of aliphatic hydroxyl groups excluding tert-OH is 1. The van der Waals surface area contributed by atoms with Gasteiger partial charge < -0.3 is 23.4 Å². The van der Waals surface area contributed by atoms with Gasteiger partial charge in [0, 0.05) is 6.42 Å². The van der Waals surface area contributed by atoms with Crippen LogP contribution >= 0.6 is 8.25 Å². The SMILES string of the molecule is CCCCCCCCCCCCCCCCCC(=O)OCC(O)CO[PH](=O)OCC[N+](C)(C)C. The van der Waals surface area contributed by atoms with Crippen LogP contribution in [0.25, 0.3) is 0 Å². The highest BCUT2D eigenvalue weighted by Crippen LogP contribution is 2.23. The fraction of sp³-hybridized carbons (Fsp3) is 0.962. The summed E-state index contributed by atoms with van der Waals surface area (Å²) in [5.41, 5.74) is 0. The number of hydrogen-bond donors (Lipinski definition) is 1. The van der Waals surface area contributed by atoms with E-state index >= 15 is 0 Å². The second kappa shape index (κ2) is 23.0. The molecule has 0 radical (unpaired) electrons. The molecule has 0 aromatic carbocycles. The van der Waals surface area contributed by atoms with Crippen LogP contribution in [0.5, 0.6) is 0 Å². The molecule has 0 saturated heterocycles. The van der Waals surface area contributed by atoms with Crippen molar-refractivity contribution in [3.8, 4) is 0 Å². The van der Waals surface area contributed by atoms with Crippen molar-refractivity contribution >= 4 is 14.2 Å². The van der Waals surface area contributed by atoms with Crippen LogP contribution in [-0.2, 0) is 23.1 Å². The number of esters is 1. The van der Waals surface area contributed by atoms with Gasteiger partial charge in [-0.1, -0.05) is 96.8 Å². The van der Waals surface area contributed by atoms with Crippen molar-refractivity contribution in [3.63, 3.8) is 0 Å². The summed E-state index contributed by atoms with van der Waals surface area (Å²) in [6.07, 6.45) is 18.7. The number of nitrogens with zero attached hydrogens (tertiary/aromatic N) is 1. The van der Waals surface area contributed by atoms with Crippen molar-refractivity contribution in [1.82, 2.24) is 0 Å². The smallest absolute Gasteiger partial charge is 0.319 e. The molecule has 0 heterocycles. The normalized spacial score (nSPS) is 13.7. The number of hydrogen-bond acceptors (Lipinski definition) is 6. The minimum absolute atomic E-state index is 0.147. The van der Waals surface area contributed by atoms with E-state index in [4.69, 9.17) is 13.8 Å². The van der Waals surface area contributed by atoms with E-state index in [-0.39, 0.29) is 19.2 Å². The first kappa shape index (κ1) is 33.5. The van der Waals surface area contributed by atoms with Crippen molar-refractivity contribution in [2.75, 3.05) is 47.5 Å². The Morgan fingerprint density at radius 2 is 1.24 bits per heavy atom. The summed E-state index contributed by atoms with van der Waals surface area (Å²) in [7, 11) is 3.40. The molecular weight excluding hydrogens is 453 g/mol.